The molecule has 1 aliphatic carbocycles. The van der Waals surface area contributed by atoms with Crippen molar-refractivity contribution in [3.63, 3.8) is 0 Å². The van der Waals surface area contributed by atoms with Crippen molar-refractivity contribution in [3.05, 3.63) is 11.1 Å². The van der Waals surface area contributed by atoms with Gasteiger partial charge in [-0.05, 0) is 19.8 Å². The summed E-state index contributed by atoms with van der Waals surface area (Å²) in [6, 6.07) is -0.483. The Morgan fingerprint density at radius 3 is 2.93 bits per heavy atom. The van der Waals surface area contributed by atoms with Gasteiger partial charge in [-0.3, -0.25) is 4.79 Å². The predicted octanol–water partition coefficient (Wildman–Crippen LogP) is 1.73. The van der Waals surface area contributed by atoms with Crippen LogP contribution in [-0.2, 0) is 4.79 Å². The number of thiazole rings is 1. The Hall–Kier alpha value is -0.650. The average Bonchev–Trinajstić information content (AvgIpc) is 2.88. The monoisotopic (exact) mass is 247 g/mol. The number of nitrogens with one attached hydrogen (secondary N) is 1. The molecule has 1 amide bonds. The van der Waals surface area contributed by atoms with Crippen molar-refractivity contribution in [1.82, 2.24) is 4.98 Å². The summed E-state index contributed by atoms with van der Waals surface area (Å²) >= 11 is 1.46. The van der Waals surface area contributed by atoms with E-state index >= 15 is 0 Å². The van der Waals surface area contributed by atoms with E-state index in [0.717, 1.165) is 5.69 Å². The predicted molar refractivity (Wildman–Crippen MR) is 63.6 cm³/mol. The maximum Gasteiger partial charge on any atom is 0.242 e. The number of rotatable bonds is 3. The lowest BCUT2D eigenvalue weighted by Gasteiger charge is -2.03. The van der Waals surface area contributed by atoms with Crippen LogP contribution in [0.15, 0.2) is 5.38 Å². The molecule has 1 atom stereocenters. The molecule has 4 nitrogen and oxygen atoms in total. The van der Waals surface area contributed by atoms with Crippen molar-refractivity contribution < 1.29 is 4.79 Å². The normalized spacial score (nSPS) is 16.7. The lowest BCUT2D eigenvalue weighted by Crippen LogP contribution is -2.32. The van der Waals surface area contributed by atoms with E-state index in [-0.39, 0.29) is 18.3 Å². The van der Waals surface area contributed by atoms with Crippen LogP contribution in [0, 0.1) is 0 Å². The molecule has 1 aromatic rings. The fourth-order valence-electron chi connectivity index (χ4n) is 1.13. The van der Waals surface area contributed by atoms with E-state index in [9.17, 15) is 4.79 Å². The Morgan fingerprint density at radius 1 is 1.73 bits per heavy atom. The number of hydrogen-bond donors (Lipinski definition) is 2. The summed E-state index contributed by atoms with van der Waals surface area (Å²) < 4.78 is 0. The van der Waals surface area contributed by atoms with Gasteiger partial charge < -0.3 is 11.1 Å². The number of nitrogens with two attached hydrogens (primary N) is 1. The molecule has 1 unspecified atom stereocenters. The number of amides is 1. The number of anilines is 1. The quantitative estimate of drug-likeness (QED) is 0.855. The first-order valence-electron chi connectivity index (χ1n) is 4.68. The molecule has 1 aromatic heterocycles. The zero-order valence-electron chi connectivity index (χ0n) is 8.40. The number of carbonyl (C=O) groups excluding carboxylic acids is 1. The second-order valence-electron chi connectivity index (χ2n) is 3.63. The summed E-state index contributed by atoms with van der Waals surface area (Å²) in [5, 5.41) is 5.36. The van der Waals surface area contributed by atoms with Crippen LogP contribution in [0.5, 0.6) is 0 Å². The molecule has 0 radical (unpaired) electrons. The fraction of sp³-hybridized carbons (Fsp3) is 0.556. The van der Waals surface area contributed by atoms with E-state index in [1.165, 1.54) is 24.2 Å². The number of nitrogens with zero attached hydrogens (tertiary/aromatic N) is 1. The van der Waals surface area contributed by atoms with Crippen LogP contribution in [0.3, 0.4) is 0 Å². The fourth-order valence-corrected chi connectivity index (χ4v) is 1.92. The Kier molecular flexibility index (Phi) is 4.07. The molecule has 84 valence electrons. The molecule has 6 heteroatoms. The Morgan fingerprint density at radius 2 is 2.40 bits per heavy atom. The van der Waals surface area contributed by atoms with Gasteiger partial charge in [0.15, 0.2) is 5.13 Å². The first kappa shape index (κ1) is 12.4. The summed E-state index contributed by atoms with van der Waals surface area (Å²) in [6.07, 6.45) is 2.45. The highest BCUT2D eigenvalue weighted by atomic mass is 35.5. The van der Waals surface area contributed by atoms with Crippen LogP contribution in [0.4, 0.5) is 5.13 Å². The maximum absolute atomic E-state index is 11.2. The third-order valence-corrected chi connectivity index (χ3v) is 2.94. The van der Waals surface area contributed by atoms with Gasteiger partial charge in [-0.1, -0.05) is 0 Å². The molecule has 2 rings (SSSR count). The Balaban J connectivity index is 0.00000112. The Bertz CT molecular complexity index is 349. The van der Waals surface area contributed by atoms with Crippen LogP contribution in [0.2, 0.25) is 0 Å². The minimum Gasteiger partial charge on any atom is -0.320 e. The number of hydrogen-bond acceptors (Lipinski definition) is 4. The third kappa shape index (κ3) is 3.15. The maximum atomic E-state index is 11.2. The minimum atomic E-state index is -0.483. The topological polar surface area (TPSA) is 68.0 Å². The van der Waals surface area contributed by atoms with E-state index in [1.54, 1.807) is 6.92 Å². The van der Waals surface area contributed by atoms with E-state index < -0.39 is 6.04 Å². The van der Waals surface area contributed by atoms with Crippen LogP contribution in [0.25, 0.3) is 0 Å². The van der Waals surface area contributed by atoms with Crippen LogP contribution >= 0.6 is 23.7 Å². The number of halogens is 1. The highest BCUT2D eigenvalue weighted by molar-refractivity contribution is 7.13. The molecular formula is C9H14ClN3OS. The Labute approximate surface area is 98.7 Å². The highest BCUT2D eigenvalue weighted by Crippen LogP contribution is 2.40. The molecule has 0 aliphatic heterocycles. The summed E-state index contributed by atoms with van der Waals surface area (Å²) in [6.45, 7) is 1.66. The lowest BCUT2D eigenvalue weighted by molar-refractivity contribution is -0.117. The van der Waals surface area contributed by atoms with Gasteiger partial charge in [-0.15, -0.1) is 23.7 Å². The molecule has 0 bridgehead atoms. The van der Waals surface area contributed by atoms with E-state index in [2.05, 4.69) is 10.3 Å². The van der Waals surface area contributed by atoms with E-state index in [1.807, 2.05) is 5.38 Å². The summed E-state index contributed by atoms with van der Waals surface area (Å²) in [5.74, 6) is 0.453. The largest absolute Gasteiger partial charge is 0.320 e. The van der Waals surface area contributed by atoms with Gasteiger partial charge in [-0.25, -0.2) is 4.98 Å². The van der Waals surface area contributed by atoms with Gasteiger partial charge in [0.1, 0.15) is 0 Å². The van der Waals surface area contributed by atoms with Crippen molar-refractivity contribution in [2.75, 3.05) is 5.32 Å². The number of aromatic nitrogens is 1. The second-order valence-corrected chi connectivity index (χ2v) is 4.49. The first-order valence-corrected chi connectivity index (χ1v) is 5.56. The molecule has 1 fully saturated rings. The summed E-state index contributed by atoms with van der Waals surface area (Å²) in [7, 11) is 0. The molecular weight excluding hydrogens is 234 g/mol. The molecule has 3 N–H and O–H groups in total. The van der Waals surface area contributed by atoms with Gasteiger partial charge in [0.2, 0.25) is 5.91 Å². The smallest absolute Gasteiger partial charge is 0.242 e. The van der Waals surface area contributed by atoms with Crippen molar-refractivity contribution in [3.8, 4) is 0 Å². The van der Waals surface area contributed by atoms with Crippen LogP contribution < -0.4 is 11.1 Å². The first-order chi connectivity index (χ1) is 6.66. The van der Waals surface area contributed by atoms with Gasteiger partial charge in [0.25, 0.3) is 0 Å². The SMILES string of the molecule is CC(N)C(=O)Nc1nc(C2CC2)cs1.Cl. The van der Waals surface area contributed by atoms with Crippen molar-refractivity contribution >= 4 is 34.8 Å². The zero-order valence-corrected chi connectivity index (χ0v) is 10.0. The molecule has 0 saturated heterocycles. The van der Waals surface area contributed by atoms with Crippen molar-refractivity contribution in [1.29, 1.82) is 0 Å². The van der Waals surface area contributed by atoms with Crippen molar-refractivity contribution in [2.45, 2.75) is 31.7 Å². The van der Waals surface area contributed by atoms with Crippen molar-refractivity contribution in [2.24, 2.45) is 5.73 Å². The minimum absolute atomic E-state index is 0. The standard InChI is InChI=1S/C9H13N3OS.ClH/c1-5(10)8(13)12-9-11-7(4-14-9)6-2-3-6;/h4-6H,2-3,10H2,1H3,(H,11,12,13);1H. The van der Waals surface area contributed by atoms with E-state index in [4.69, 9.17) is 5.73 Å². The van der Waals surface area contributed by atoms with Crippen LogP contribution in [0.1, 0.15) is 31.4 Å². The van der Waals surface area contributed by atoms with E-state index in [0.29, 0.717) is 11.0 Å². The second kappa shape index (κ2) is 4.92. The van der Waals surface area contributed by atoms with Gasteiger partial charge >= 0.3 is 0 Å². The van der Waals surface area contributed by atoms with Gasteiger partial charge in [0, 0.05) is 11.3 Å². The molecule has 1 aliphatic rings. The summed E-state index contributed by atoms with van der Waals surface area (Å²) in [4.78, 5) is 15.6. The van der Waals surface area contributed by atoms with Gasteiger partial charge in [0.05, 0.1) is 11.7 Å². The molecule has 1 saturated carbocycles. The van der Waals surface area contributed by atoms with Crippen LogP contribution in [-0.4, -0.2) is 16.9 Å². The third-order valence-electron chi connectivity index (χ3n) is 2.16. The molecule has 0 spiro atoms. The lowest BCUT2D eigenvalue weighted by atomic mass is 10.3. The molecule has 0 aromatic carbocycles. The average molecular weight is 248 g/mol. The zero-order chi connectivity index (χ0) is 10.1. The molecule has 15 heavy (non-hydrogen) atoms. The highest BCUT2D eigenvalue weighted by Gasteiger charge is 2.26. The molecule has 1 heterocycles. The van der Waals surface area contributed by atoms with Gasteiger partial charge in [-0.2, -0.15) is 0 Å². The number of carbonyl (C=O) groups is 1. The summed E-state index contributed by atoms with van der Waals surface area (Å²) in [5.41, 5.74) is 6.53.